The molecule has 0 atom stereocenters. The lowest BCUT2D eigenvalue weighted by atomic mass is 10.2. The Kier molecular flexibility index (Phi) is 4.44. The highest BCUT2D eigenvalue weighted by Crippen LogP contribution is 2.23. The number of primary sulfonamides is 1. The zero-order chi connectivity index (χ0) is 15.5. The zero-order valence-corrected chi connectivity index (χ0v) is 12.6. The molecule has 0 aliphatic rings. The molecule has 2 N–H and O–H groups in total. The van der Waals surface area contributed by atoms with Gasteiger partial charge >= 0.3 is 0 Å². The molecule has 0 unspecified atom stereocenters. The third-order valence-corrected chi connectivity index (χ3v) is 3.81. The van der Waals surface area contributed by atoms with Gasteiger partial charge in [0.1, 0.15) is 12.4 Å². The number of ether oxygens (including phenoxy) is 2. The monoisotopic (exact) mass is 308 g/mol. The van der Waals surface area contributed by atoms with Gasteiger partial charge in [-0.05, 0) is 42.8 Å². The number of hydrogen-bond acceptors (Lipinski definition) is 5. The van der Waals surface area contributed by atoms with Crippen LogP contribution in [0.1, 0.15) is 11.1 Å². The smallest absolute Gasteiger partial charge is 0.238 e. The van der Waals surface area contributed by atoms with E-state index in [1.165, 1.54) is 19.2 Å². The summed E-state index contributed by atoms with van der Waals surface area (Å²) in [6.07, 6.45) is 1.63. The normalized spacial score (nSPS) is 11.2. The lowest BCUT2D eigenvalue weighted by Gasteiger charge is -2.11. The standard InChI is InChI=1S/C14H16N2O4S/c1-10-8-12(21(15,17)18)5-6-13(10)20-9-11-4-3-7-16-14(11)19-2/h3-8H,9H2,1-2H3,(H2,15,17,18). The van der Waals surface area contributed by atoms with E-state index in [0.717, 1.165) is 5.56 Å². The first-order valence-corrected chi connectivity index (χ1v) is 7.70. The maximum Gasteiger partial charge on any atom is 0.238 e. The minimum absolute atomic E-state index is 0.0614. The van der Waals surface area contributed by atoms with Crippen LogP contribution in [0, 0.1) is 6.92 Å². The third-order valence-electron chi connectivity index (χ3n) is 2.90. The number of hydrogen-bond donors (Lipinski definition) is 1. The predicted octanol–water partition coefficient (Wildman–Crippen LogP) is 1.63. The van der Waals surface area contributed by atoms with Gasteiger partial charge in [-0.25, -0.2) is 18.5 Å². The summed E-state index contributed by atoms with van der Waals surface area (Å²) in [5.41, 5.74) is 1.49. The summed E-state index contributed by atoms with van der Waals surface area (Å²) in [7, 11) is -2.17. The first-order valence-electron chi connectivity index (χ1n) is 6.16. The molecule has 2 aromatic rings. The molecule has 1 aromatic carbocycles. The van der Waals surface area contributed by atoms with Gasteiger partial charge in [0.25, 0.3) is 0 Å². The average Bonchev–Trinajstić information content (AvgIpc) is 2.45. The van der Waals surface area contributed by atoms with Crippen molar-refractivity contribution in [2.75, 3.05) is 7.11 Å². The largest absolute Gasteiger partial charge is 0.488 e. The molecule has 6 nitrogen and oxygen atoms in total. The van der Waals surface area contributed by atoms with Gasteiger partial charge in [-0.2, -0.15) is 0 Å². The maximum atomic E-state index is 11.3. The predicted molar refractivity (Wildman–Crippen MR) is 77.7 cm³/mol. The molecule has 7 heteroatoms. The van der Waals surface area contributed by atoms with Crippen molar-refractivity contribution < 1.29 is 17.9 Å². The number of aromatic nitrogens is 1. The number of nitrogens with zero attached hydrogens (tertiary/aromatic N) is 1. The molecule has 0 amide bonds. The first kappa shape index (κ1) is 15.3. The Morgan fingerprint density at radius 1 is 1.29 bits per heavy atom. The van der Waals surface area contributed by atoms with E-state index in [2.05, 4.69) is 4.98 Å². The molecule has 112 valence electrons. The highest BCUT2D eigenvalue weighted by molar-refractivity contribution is 7.89. The van der Waals surface area contributed by atoms with E-state index in [-0.39, 0.29) is 11.5 Å². The van der Waals surface area contributed by atoms with Crippen LogP contribution in [0.5, 0.6) is 11.6 Å². The number of nitrogens with two attached hydrogens (primary N) is 1. The Labute approximate surface area is 123 Å². The van der Waals surface area contributed by atoms with Crippen molar-refractivity contribution in [2.45, 2.75) is 18.4 Å². The van der Waals surface area contributed by atoms with Gasteiger partial charge in [-0.3, -0.25) is 0 Å². The number of sulfonamides is 1. The van der Waals surface area contributed by atoms with Crippen LogP contribution >= 0.6 is 0 Å². The highest BCUT2D eigenvalue weighted by atomic mass is 32.2. The van der Waals surface area contributed by atoms with E-state index in [4.69, 9.17) is 14.6 Å². The molecule has 0 spiro atoms. The molecule has 0 aliphatic carbocycles. The number of aryl methyl sites for hydroxylation is 1. The minimum atomic E-state index is -3.71. The van der Waals surface area contributed by atoms with E-state index in [9.17, 15) is 8.42 Å². The summed E-state index contributed by atoms with van der Waals surface area (Å²) in [6, 6.07) is 8.11. The molecule has 0 bridgehead atoms. The summed E-state index contributed by atoms with van der Waals surface area (Å²) in [4.78, 5) is 4.14. The molecule has 0 saturated heterocycles. The summed E-state index contributed by atoms with van der Waals surface area (Å²) in [5.74, 6) is 1.07. The van der Waals surface area contributed by atoms with E-state index < -0.39 is 10.0 Å². The van der Waals surface area contributed by atoms with Gasteiger partial charge in [-0.15, -0.1) is 0 Å². The molecule has 0 radical (unpaired) electrons. The van der Waals surface area contributed by atoms with Crippen molar-refractivity contribution in [1.82, 2.24) is 4.98 Å². The topological polar surface area (TPSA) is 91.5 Å². The molecular formula is C14H16N2O4S. The zero-order valence-electron chi connectivity index (χ0n) is 11.7. The Morgan fingerprint density at radius 2 is 2.05 bits per heavy atom. The fourth-order valence-corrected chi connectivity index (χ4v) is 2.43. The van der Waals surface area contributed by atoms with Crippen molar-refractivity contribution in [3.63, 3.8) is 0 Å². The van der Waals surface area contributed by atoms with Gasteiger partial charge in [0.2, 0.25) is 15.9 Å². The average molecular weight is 308 g/mol. The van der Waals surface area contributed by atoms with Crippen LogP contribution in [0.15, 0.2) is 41.4 Å². The SMILES string of the molecule is COc1ncccc1COc1ccc(S(N)(=O)=O)cc1C. The van der Waals surface area contributed by atoms with Crippen LogP contribution in [-0.4, -0.2) is 20.5 Å². The minimum Gasteiger partial charge on any atom is -0.488 e. The van der Waals surface area contributed by atoms with Crippen molar-refractivity contribution in [3.8, 4) is 11.6 Å². The number of pyridine rings is 1. The summed E-state index contributed by atoms with van der Waals surface area (Å²) in [6.45, 7) is 2.02. The van der Waals surface area contributed by atoms with E-state index in [1.807, 2.05) is 6.07 Å². The van der Waals surface area contributed by atoms with Crippen LogP contribution in [0.2, 0.25) is 0 Å². The molecule has 1 heterocycles. The van der Waals surface area contributed by atoms with E-state index in [1.54, 1.807) is 25.3 Å². The number of methoxy groups -OCH3 is 1. The van der Waals surface area contributed by atoms with Crippen molar-refractivity contribution >= 4 is 10.0 Å². The van der Waals surface area contributed by atoms with Crippen LogP contribution in [-0.2, 0) is 16.6 Å². The number of benzene rings is 1. The van der Waals surface area contributed by atoms with Gasteiger partial charge in [0, 0.05) is 6.20 Å². The lowest BCUT2D eigenvalue weighted by Crippen LogP contribution is -2.12. The van der Waals surface area contributed by atoms with Crippen LogP contribution in [0.4, 0.5) is 0 Å². The Bertz CT molecular complexity index is 744. The Hall–Kier alpha value is -2.12. The third kappa shape index (κ3) is 3.71. The van der Waals surface area contributed by atoms with Crippen molar-refractivity contribution in [2.24, 2.45) is 5.14 Å². The van der Waals surface area contributed by atoms with Crippen molar-refractivity contribution in [1.29, 1.82) is 0 Å². The maximum absolute atomic E-state index is 11.3. The van der Waals surface area contributed by atoms with Crippen molar-refractivity contribution in [3.05, 3.63) is 47.7 Å². The van der Waals surface area contributed by atoms with E-state index in [0.29, 0.717) is 17.2 Å². The van der Waals surface area contributed by atoms with E-state index >= 15 is 0 Å². The van der Waals surface area contributed by atoms with Gasteiger partial charge in [-0.1, -0.05) is 0 Å². The fourth-order valence-electron chi connectivity index (χ4n) is 1.83. The second-order valence-corrected chi connectivity index (χ2v) is 5.99. The Balaban J connectivity index is 2.17. The molecule has 2 rings (SSSR count). The van der Waals surface area contributed by atoms with Crippen LogP contribution in [0.25, 0.3) is 0 Å². The summed E-state index contributed by atoms with van der Waals surface area (Å²) >= 11 is 0. The second kappa shape index (κ2) is 6.11. The first-order chi connectivity index (χ1) is 9.91. The molecule has 21 heavy (non-hydrogen) atoms. The second-order valence-electron chi connectivity index (χ2n) is 4.43. The fraction of sp³-hybridized carbons (Fsp3) is 0.214. The quantitative estimate of drug-likeness (QED) is 0.906. The molecule has 0 fully saturated rings. The van der Waals surface area contributed by atoms with Crippen LogP contribution in [0.3, 0.4) is 0 Å². The number of rotatable bonds is 5. The van der Waals surface area contributed by atoms with Gasteiger partial charge in [0.15, 0.2) is 0 Å². The summed E-state index contributed by atoms with van der Waals surface area (Å²) < 4.78 is 33.4. The molecule has 0 aliphatic heterocycles. The Morgan fingerprint density at radius 3 is 2.67 bits per heavy atom. The molecule has 1 aromatic heterocycles. The van der Waals surface area contributed by atoms with Gasteiger partial charge < -0.3 is 9.47 Å². The highest BCUT2D eigenvalue weighted by Gasteiger charge is 2.11. The lowest BCUT2D eigenvalue weighted by molar-refractivity contribution is 0.292. The van der Waals surface area contributed by atoms with Crippen LogP contribution < -0.4 is 14.6 Å². The molecule has 0 saturated carbocycles. The molecular weight excluding hydrogens is 292 g/mol. The van der Waals surface area contributed by atoms with Gasteiger partial charge in [0.05, 0.1) is 17.6 Å². The summed E-state index contributed by atoms with van der Waals surface area (Å²) in [5, 5.41) is 5.09.